The van der Waals surface area contributed by atoms with Gasteiger partial charge in [-0.1, -0.05) is 44.8 Å². The highest BCUT2D eigenvalue weighted by molar-refractivity contribution is 5.44. The zero-order valence-corrected chi connectivity index (χ0v) is 23.0. The normalized spacial score (nSPS) is 24.7. The van der Waals surface area contributed by atoms with E-state index in [1.165, 1.54) is 6.42 Å². The van der Waals surface area contributed by atoms with Gasteiger partial charge in [-0.05, 0) is 88.2 Å². The first kappa shape index (κ1) is 31.6. The summed E-state index contributed by atoms with van der Waals surface area (Å²) >= 11 is 0. The van der Waals surface area contributed by atoms with Gasteiger partial charge in [-0.3, -0.25) is 0 Å². The Morgan fingerprint density at radius 1 is 0.872 bits per heavy atom. The van der Waals surface area contributed by atoms with Crippen molar-refractivity contribution >= 4 is 0 Å². The fourth-order valence-electron chi connectivity index (χ4n) is 5.71. The Morgan fingerprint density at radius 2 is 1.51 bits per heavy atom. The van der Waals surface area contributed by atoms with Crippen molar-refractivity contribution in [2.75, 3.05) is 13.2 Å². The van der Waals surface area contributed by atoms with Gasteiger partial charge in [0.1, 0.15) is 11.3 Å². The second kappa shape index (κ2) is 14.6. The molecule has 3 rings (SSSR count). The number of halogens is 6. The van der Waals surface area contributed by atoms with Crippen molar-refractivity contribution in [1.29, 1.82) is 0 Å². The van der Waals surface area contributed by atoms with E-state index in [0.29, 0.717) is 24.7 Å². The van der Waals surface area contributed by atoms with Gasteiger partial charge in [0.25, 0.3) is 0 Å². The molecule has 0 aliphatic heterocycles. The molecule has 0 bridgehead atoms. The maximum atomic E-state index is 14.9. The van der Waals surface area contributed by atoms with E-state index in [9.17, 15) is 26.3 Å². The van der Waals surface area contributed by atoms with Crippen molar-refractivity contribution < 1.29 is 40.6 Å². The van der Waals surface area contributed by atoms with Crippen LogP contribution in [0.2, 0.25) is 0 Å². The minimum atomic E-state index is -5.15. The predicted octanol–water partition coefficient (Wildman–Crippen LogP) is 9.73. The fourth-order valence-corrected chi connectivity index (χ4v) is 5.71. The van der Waals surface area contributed by atoms with Crippen LogP contribution >= 0.6 is 0 Å². The summed E-state index contributed by atoms with van der Waals surface area (Å²) in [6, 6.07) is 1.61. The fraction of sp³-hybridized carbons (Fsp3) is 0.733. The van der Waals surface area contributed by atoms with Crippen molar-refractivity contribution in [3.05, 3.63) is 35.7 Å². The molecule has 2 fully saturated rings. The molecule has 0 atom stereocenters. The van der Waals surface area contributed by atoms with Gasteiger partial charge < -0.3 is 14.2 Å². The van der Waals surface area contributed by atoms with Crippen molar-refractivity contribution in [2.45, 2.75) is 109 Å². The molecule has 0 N–H and O–H groups in total. The molecular weight excluding hydrogens is 522 g/mol. The van der Waals surface area contributed by atoms with E-state index < -0.39 is 41.8 Å². The Hall–Kier alpha value is -1.90. The third kappa shape index (κ3) is 9.90. The van der Waals surface area contributed by atoms with E-state index in [1.807, 2.05) is 13.0 Å². The Morgan fingerprint density at radius 3 is 2.13 bits per heavy atom. The van der Waals surface area contributed by atoms with Crippen molar-refractivity contribution in [2.24, 2.45) is 17.8 Å². The molecule has 2 aliphatic carbocycles. The first-order chi connectivity index (χ1) is 18.5. The van der Waals surface area contributed by atoms with Crippen LogP contribution in [0.5, 0.6) is 11.5 Å². The monoisotopic (exact) mass is 564 g/mol. The highest BCUT2D eigenvalue weighted by Gasteiger charge is 2.42. The summed E-state index contributed by atoms with van der Waals surface area (Å²) in [4.78, 5) is 0. The number of rotatable bonds is 13. The molecule has 0 radical (unpaired) electrons. The van der Waals surface area contributed by atoms with Gasteiger partial charge >= 0.3 is 12.3 Å². The highest BCUT2D eigenvalue weighted by Crippen LogP contribution is 2.43. The predicted molar refractivity (Wildman–Crippen MR) is 139 cm³/mol. The van der Waals surface area contributed by atoms with Crippen molar-refractivity contribution in [3.63, 3.8) is 0 Å². The smallest absolute Gasteiger partial charge is 0.422 e. The van der Waals surface area contributed by atoms with Gasteiger partial charge in [-0.25, -0.2) is 4.39 Å². The molecule has 3 nitrogen and oxygen atoms in total. The van der Waals surface area contributed by atoms with Crippen LogP contribution in [0.15, 0.2) is 24.3 Å². The van der Waals surface area contributed by atoms with E-state index in [0.717, 1.165) is 69.9 Å². The largest absolute Gasteiger partial charge is 0.493 e. The molecule has 1 aromatic carbocycles. The molecular formula is C30H42F6O3. The van der Waals surface area contributed by atoms with E-state index in [2.05, 4.69) is 17.7 Å². The number of allylic oxidation sites excluding steroid dienone is 2. The minimum absolute atomic E-state index is 0.00384. The molecule has 1 aromatic rings. The Labute approximate surface area is 228 Å². The number of benzene rings is 1. The lowest BCUT2D eigenvalue weighted by molar-refractivity contribution is -0.224. The van der Waals surface area contributed by atoms with E-state index in [1.54, 1.807) is 0 Å². The topological polar surface area (TPSA) is 27.7 Å². The van der Waals surface area contributed by atoms with E-state index >= 15 is 0 Å². The molecule has 0 saturated heterocycles. The van der Waals surface area contributed by atoms with Gasteiger partial charge in [0, 0.05) is 0 Å². The molecule has 9 heteroatoms. The zero-order chi connectivity index (χ0) is 28.5. The summed E-state index contributed by atoms with van der Waals surface area (Å²) in [6.45, 7) is 2.92. The maximum absolute atomic E-state index is 14.9. The van der Waals surface area contributed by atoms with Crippen LogP contribution in [-0.4, -0.2) is 25.4 Å². The number of alkyl halides is 5. The lowest BCUT2D eigenvalue weighted by atomic mass is 9.82. The first-order valence-electron chi connectivity index (χ1n) is 14.4. The Kier molecular flexibility index (Phi) is 11.9. The molecule has 0 unspecified atom stereocenters. The summed E-state index contributed by atoms with van der Waals surface area (Å²) in [7, 11) is 0. The lowest BCUT2D eigenvalue weighted by Crippen LogP contribution is -2.35. The molecule has 0 amide bonds. The van der Waals surface area contributed by atoms with Gasteiger partial charge in [0.2, 0.25) is 0 Å². The van der Waals surface area contributed by atoms with Crippen LogP contribution in [0.4, 0.5) is 26.3 Å². The number of hydrogen-bond donors (Lipinski definition) is 0. The molecule has 2 aliphatic rings. The van der Waals surface area contributed by atoms with Crippen LogP contribution in [0.1, 0.15) is 96.5 Å². The van der Waals surface area contributed by atoms with Crippen molar-refractivity contribution in [3.8, 4) is 11.5 Å². The van der Waals surface area contributed by atoms with Crippen LogP contribution < -0.4 is 9.47 Å². The quantitative estimate of drug-likeness (QED) is 0.136. The third-order valence-electron chi connectivity index (χ3n) is 7.94. The summed E-state index contributed by atoms with van der Waals surface area (Å²) in [5.41, 5.74) is -1.74. The maximum Gasteiger partial charge on any atom is 0.422 e. The standard InChI is InChI=1S/C30H42F6O3/c1-3-5-6-8-22-13-15-24(16-14-22)38-20-29(32,33)39-26-18-17-25(27(28(26)31)30(34,35)36)37-19-23-11-9-21(7-4-2)10-12-23/h4,7,17-18,21-24H,3,5-6,8-16,19-20H2,1-2H3/b7-4+. The SMILES string of the molecule is C/C=C/C1CCC(COc2ccc(OC(F)(F)COC3CCC(CCCCC)CC3)c(F)c2C(F)(F)F)CC1. The van der Waals surface area contributed by atoms with Gasteiger partial charge in [0.15, 0.2) is 18.2 Å². The second-order valence-corrected chi connectivity index (χ2v) is 11.1. The Bertz CT molecular complexity index is 901. The molecule has 2 saturated carbocycles. The third-order valence-corrected chi connectivity index (χ3v) is 7.94. The van der Waals surface area contributed by atoms with Gasteiger partial charge in [-0.2, -0.15) is 22.0 Å². The molecule has 0 spiro atoms. The van der Waals surface area contributed by atoms with Crippen molar-refractivity contribution in [1.82, 2.24) is 0 Å². The summed E-state index contributed by atoms with van der Waals surface area (Å²) in [5, 5.41) is 0. The second-order valence-electron chi connectivity index (χ2n) is 11.1. The first-order valence-corrected chi connectivity index (χ1v) is 14.4. The molecule has 0 aromatic heterocycles. The molecule has 0 heterocycles. The number of hydrogen-bond acceptors (Lipinski definition) is 3. The lowest BCUT2D eigenvalue weighted by Gasteiger charge is -2.30. The Balaban J connectivity index is 1.56. The summed E-state index contributed by atoms with van der Waals surface area (Å²) < 4.78 is 100. The number of ether oxygens (including phenoxy) is 3. The van der Waals surface area contributed by atoms with E-state index in [-0.39, 0.29) is 18.6 Å². The van der Waals surface area contributed by atoms with Gasteiger partial charge in [0.05, 0.1) is 12.7 Å². The van der Waals surface area contributed by atoms with Crippen LogP contribution in [0.3, 0.4) is 0 Å². The molecule has 39 heavy (non-hydrogen) atoms. The average Bonchev–Trinajstić information content (AvgIpc) is 2.89. The number of unbranched alkanes of at least 4 members (excludes halogenated alkanes) is 2. The highest BCUT2D eigenvalue weighted by atomic mass is 19.4. The van der Waals surface area contributed by atoms with Crippen LogP contribution in [0, 0.1) is 23.6 Å². The summed E-state index contributed by atoms with van der Waals surface area (Å²) in [6.07, 6.45) is 5.64. The average molecular weight is 565 g/mol. The minimum Gasteiger partial charge on any atom is -0.493 e. The van der Waals surface area contributed by atoms with E-state index in [4.69, 9.17) is 9.47 Å². The summed E-state index contributed by atoms with van der Waals surface area (Å²) in [5.74, 6) is -2.77. The van der Waals surface area contributed by atoms with Gasteiger partial charge in [-0.15, -0.1) is 0 Å². The van der Waals surface area contributed by atoms with Crippen LogP contribution in [-0.2, 0) is 10.9 Å². The van der Waals surface area contributed by atoms with Crippen LogP contribution in [0.25, 0.3) is 0 Å². The zero-order valence-electron chi connectivity index (χ0n) is 23.0. The molecule has 222 valence electrons.